The molecular weight excluding hydrogens is 382 g/mol. The van der Waals surface area contributed by atoms with Crippen LogP contribution in [0.1, 0.15) is 40.9 Å². The Morgan fingerprint density at radius 2 is 1.42 bits per heavy atom. The topological polar surface area (TPSA) is 52.3 Å². The Kier molecular flexibility index (Phi) is 5.59. The standard InChI is InChI=1S/C28H25NO2/c1-28(2,21-15-17-23(29)18-16-21)22-11-8-12-24(19-22)31-26-14-7-6-13-25(26)27(30)20-9-4-3-5-10-20/h3-19H,29H2,1-2H3. The zero-order valence-corrected chi connectivity index (χ0v) is 17.7. The van der Waals surface area contributed by atoms with Gasteiger partial charge in [0.05, 0.1) is 5.56 Å². The molecule has 0 aromatic heterocycles. The lowest BCUT2D eigenvalue weighted by Crippen LogP contribution is -2.18. The number of nitrogen functional groups attached to an aromatic ring is 1. The second-order valence-corrected chi connectivity index (χ2v) is 8.07. The summed E-state index contributed by atoms with van der Waals surface area (Å²) < 4.78 is 6.20. The highest BCUT2D eigenvalue weighted by Crippen LogP contribution is 2.35. The Balaban J connectivity index is 1.65. The van der Waals surface area contributed by atoms with Crippen LogP contribution in [0.2, 0.25) is 0 Å². The molecule has 0 fully saturated rings. The van der Waals surface area contributed by atoms with Crippen LogP contribution in [-0.4, -0.2) is 5.78 Å². The molecule has 0 bridgehead atoms. The SMILES string of the molecule is CC(C)(c1ccc(N)cc1)c1cccc(Oc2ccccc2C(=O)c2ccccc2)c1. The van der Waals surface area contributed by atoms with Crippen molar-refractivity contribution in [2.75, 3.05) is 5.73 Å². The third-order valence-electron chi connectivity index (χ3n) is 5.58. The van der Waals surface area contributed by atoms with Gasteiger partial charge in [0.1, 0.15) is 11.5 Å². The molecule has 3 heteroatoms. The van der Waals surface area contributed by atoms with E-state index >= 15 is 0 Å². The largest absolute Gasteiger partial charge is 0.457 e. The second kappa shape index (κ2) is 8.49. The van der Waals surface area contributed by atoms with Crippen LogP contribution >= 0.6 is 0 Å². The van der Waals surface area contributed by atoms with Crippen LogP contribution in [0.5, 0.6) is 11.5 Å². The van der Waals surface area contributed by atoms with Gasteiger partial charge in [-0.05, 0) is 47.5 Å². The maximum atomic E-state index is 13.0. The first-order valence-electron chi connectivity index (χ1n) is 10.3. The maximum absolute atomic E-state index is 13.0. The average molecular weight is 408 g/mol. The number of hydrogen-bond acceptors (Lipinski definition) is 3. The van der Waals surface area contributed by atoms with Crippen LogP contribution < -0.4 is 10.5 Å². The summed E-state index contributed by atoms with van der Waals surface area (Å²) in [7, 11) is 0. The Bertz CT molecular complexity index is 1200. The van der Waals surface area contributed by atoms with Gasteiger partial charge in [-0.2, -0.15) is 0 Å². The molecule has 4 aromatic carbocycles. The quantitative estimate of drug-likeness (QED) is 0.289. The second-order valence-electron chi connectivity index (χ2n) is 8.07. The number of carbonyl (C=O) groups excluding carboxylic acids is 1. The van der Waals surface area contributed by atoms with E-state index in [4.69, 9.17) is 10.5 Å². The predicted molar refractivity (Wildman–Crippen MR) is 126 cm³/mol. The fourth-order valence-corrected chi connectivity index (χ4v) is 3.63. The van der Waals surface area contributed by atoms with E-state index < -0.39 is 0 Å². The van der Waals surface area contributed by atoms with Crippen LogP contribution in [0.4, 0.5) is 5.69 Å². The van der Waals surface area contributed by atoms with Crippen molar-refractivity contribution in [1.82, 2.24) is 0 Å². The summed E-state index contributed by atoms with van der Waals surface area (Å²) in [5.41, 5.74) is 9.82. The van der Waals surface area contributed by atoms with Crippen molar-refractivity contribution >= 4 is 11.5 Å². The van der Waals surface area contributed by atoms with Gasteiger partial charge in [0.25, 0.3) is 0 Å². The van der Waals surface area contributed by atoms with Gasteiger partial charge in [-0.1, -0.05) is 80.6 Å². The third-order valence-corrected chi connectivity index (χ3v) is 5.58. The zero-order chi connectivity index (χ0) is 21.8. The first-order valence-corrected chi connectivity index (χ1v) is 10.3. The molecule has 0 aliphatic rings. The zero-order valence-electron chi connectivity index (χ0n) is 17.7. The Morgan fingerprint density at radius 1 is 0.742 bits per heavy atom. The molecule has 2 N–H and O–H groups in total. The highest BCUT2D eigenvalue weighted by molar-refractivity contribution is 6.10. The van der Waals surface area contributed by atoms with E-state index in [-0.39, 0.29) is 11.2 Å². The molecule has 0 saturated heterocycles. The number of ether oxygens (including phenoxy) is 1. The van der Waals surface area contributed by atoms with E-state index in [1.165, 1.54) is 5.56 Å². The van der Waals surface area contributed by atoms with Crippen molar-refractivity contribution in [3.8, 4) is 11.5 Å². The van der Waals surface area contributed by atoms with Crippen LogP contribution in [0.15, 0.2) is 103 Å². The number of carbonyl (C=O) groups is 1. The fraction of sp³-hybridized carbons (Fsp3) is 0.107. The molecule has 0 heterocycles. The van der Waals surface area contributed by atoms with E-state index in [2.05, 4.69) is 32.0 Å². The number of nitrogens with two attached hydrogens (primary N) is 1. The minimum absolute atomic E-state index is 0.0606. The van der Waals surface area contributed by atoms with Gasteiger partial charge in [0, 0.05) is 16.7 Å². The van der Waals surface area contributed by atoms with E-state index in [1.807, 2.05) is 78.9 Å². The number of hydrogen-bond donors (Lipinski definition) is 1. The Labute approximate surface area is 183 Å². The van der Waals surface area contributed by atoms with Crippen molar-refractivity contribution in [2.24, 2.45) is 0 Å². The maximum Gasteiger partial charge on any atom is 0.196 e. The molecule has 0 atom stereocenters. The van der Waals surface area contributed by atoms with Gasteiger partial charge in [-0.25, -0.2) is 0 Å². The highest BCUT2D eigenvalue weighted by atomic mass is 16.5. The number of ketones is 1. The third kappa shape index (κ3) is 4.36. The van der Waals surface area contributed by atoms with Crippen molar-refractivity contribution in [1.29, 1.82) is 0 Å². The molecule has 0 unspecified atom stereocenters. The minimum Gasteiger partial charge on any atom is -0.457 e. The van der Waals surface area contributed by atoms with Gasteiger partial charge < -0.3 is 10.5 Å². The van der Waals surface area contributed by atoms with Crippen LogP contribution in [0, 0.1) is 0 Å². The van der Waals surface area contributed by atoms with E-state index in [0.29, 0.717) is 22.6 Å². The smallest absolute Gasteiger partial charge is 0.196 e. The van der Waals surface area contributed by atoms with Crippen molar-refractivity contribution < 1.29 is 9.53 Å². The van der Waals surface area contributed by atoms with Crippen molar-refractivity contribution in [3.63, 3.8) is 0 Å². The summed E-state index contributed by atoms with van der Waals surface area (Å²) in [6, 6.07) is 32.5. The highest BCUT2D eigenvalue weighted by Gasteiger charge is 2.24. The summed E-state index contributed by atoms with van der Waals surface area (Å²) in [5.74, 6) is 1.17. The number of benzene rings is 4. The fourth-order valence-electron chi connectivity index (χ4n) is 3.63. The summed E-state index contributed by atoms with van der Waals surface area (Å²) in [4.78, 5) is 13.0. The molecule has 0 spiro atoms. The van der Waals surface area contributed by atoms with Gasteiger partial charge in [-0.15, -0.1) is 0 Å². The summed E-state index contributed by atoms with van der Waals surface area (Å²) >= 11 is 0. The molecule has 0 aliphatic heterocycles. The van der Waals surface area contributed by atoms with Gasteiger partial charge in [0.15, 0.2) is 5.78 Å². The lowest BCUT2D eigenvalue weighted by molar-refractivity contribution is 0.103. The summed E-state index contributed by atoms with van der Waals surface area (Å²) in [5, 5.41) is 0. The first-order chi connectivity index (χ1) is 14.9. The van der Waals surface area contributed by atoms with Crippen molar-refractivity contribution in [3.05, 3.63) is 125 Å². The Morgan fingerprint density at radius 3 is 2.16 bits per heavy atom. The molecule has 31 heavy (non-hydrogen) atoms. The van der Waals surface area contributed by atoms with Gasteiger partial charge in [0.2, 0.25) is 0 Å². The Hall–Kier alpha value is -3.85. The van der Waals surface area contributed by atoms with Crippen molar-refractivity contribution in [2.45, 2.75) is 19.3 Å². The van der Waals surface area contributed by atoms with E-state index in [1.54, 1.807) is 6.07 Å². The predicted octanol–water partition coefficient (Wildman–Crippen LogP) is 6.62. The summed E-state index contributed by atoms with van der Waals surface area (Å²) in [6.07, 6.45) is 0. The van der Waals surface area contributed by atoms with Gasteiger partial charge in [-0.3, -0.25) is 4.79 Å². The molecule has 3 nitrogen and oxygen atoms in total. The molecule has 0 radical (unpaired) electrons. The van der Waals surface area contributed by atoms with Crippen LogP contribution in [0.25, 0.3) is 0 Å². The number of rotatable bonds is 6. The number of anilines is 1. The number of para-hydroxylation sites is 1. The monoisotopic (exact) mass is 407 g/mol. The lowest BCUT2D eigenvalue weighted by atomic mass is 9.78. The van der Waals surface area contributed by atoms with E-state index in [0.717, 1.165) is 11.3 Å². The molecule has 4 rings (SSSR count). The summed E-state index contributed by atoms with van der Waals surface area (Å²) in [6.45, 7) is 4.34. The van der Waals surface area contributed by atoms with Gasteiger partial charge >= 0.3 is 0 Å². The molecule has 154 valence electrons. The molecule has 0 saturated carbocycles. The molecule has 4 aromatic rings. The lowest BCUT2D eigenvalue weighted by Gasteiger charge is -2.26. The minimum atomic E-state index is -0.230. The average Bonchev–Trinajstić information content (AvgIpc) is 2.80. The van der Waals surface area contributed by atoms with E-state index in [9.17, 15) is 4.79 Å². The first kappa shape index (κ1) is 20.4. The molecule has 0 amide bonds. The van der Waals surface area contributed by atoms with Crippen LogP contribution in [0.3, 0.4) is 0 Å². The van der Waals surface area contributed by atoms with Crippen LogP contribution in [-0.2, 0) is 5.41 Å². The normalized spacial score (nSPS) is 11.2. The molecule has 0 aliphatic carbocycles. The molecular formula is C28H25NO2.